The van der Waals surface area contributed by atoms with E-state index >= 15 is 0 Å². The van der Waals surface area contributed by atoms with E-state index in [1.54, 1.807) is 4.68 Å². The predicted octanol–water partition coefficient (Wildman–Crippen LogP) is 3.18. The predicted molar refractivity (Wildman–Crippen MR) is 120 cm³/mol. The van der Waals surface area contributed by atoms with Gasteiger partial charge < -0.3 is 10.6 Å². The molecule has 1 aromatic heterocycles. The quantitative estimate of drug-likeness (QED) is 0.641. The number of nitrogens with one attached hydrogen (secondary N) is 2. The van der Waals surface area contributed by atoms with Crippen LogP contribution in [0.5, 0.6) is 0 Å². The first kappa shape index (κ1) is 21.0. The summed E-state index contributed by atoms with van der Waals surface area (Å²) in [6, 6.07) is 14.4. The number of hydrogen-bond acceptors (Lipinski definition) is 5. The summed E-state index contributed by atoms with van der Waals surface area (Å²) < 4.78 is 1.58. The Balaban J connectivity index is 1.38. The fraction of sp³-hybridized carbons (Fsp3) is 0.391. The molecule has 0 saturated heterocycles. The average molecular weight is 420 g/mol. The molecule has 0 radical (unpaired) electrons. The molecule has 1 atom stereocenters. The third kappa shape index (κ3) is 4.91. The van der Waals surface area contributed by atoms with E-state index in [1.165, 1.54) is 17.5 Å². The molecule has 0 bridgehead atoms. The van der Waals surface area contributed by atoms with Gasteiger partial charge in [-0.15, -0.1) is 5.10 Å². The van der Waals surface area contributed by atoms with Crippen LogP contribution < -0.4 is 10.6 Å². The molecule has 8 nitrogen and oxygen atoms in total. The maximum absolute atomic E-state index is 12.6. The molecule has 0 spiro atoms. The van der Waals surface area contributed by atoms with E-state index in [4.69, 9.17) is 0 Å². The van der Waals surface area contributed by atoms with Gasteiger partial charge in [0.2, 0.25) is 0 Å². The molecule has 2 N–H and O–H groups in total. The highest BCUT2D eigenvalue weighted by atomic mass is 16.2. The lowest BCUT2D eigenvalue weighted by Gasteiger charge is -2.38. The molecular weight excluding hydrogens is 390 g/mol. The van der Waals surface area contributed by atoms with Gasteiger partial charge in [-0.3, -0.25) is 4.90 Å². The summed E-state index contributed by atoms with van der Waals surface area (Å²) in [5, 5.41) is 17.3. The third-order valence-electron chi connectivity index (χ3n) is 5.93. The second-order valence-corrected chi connectivity index (χ2v) is 8.39. The molecule has 3 aromatic rings. The lowest BCUT2D eigenvalue weighted by atomic mass is 9.95. The van der Waals surface area contributed by atoms with Gasteiger partial charge in [0.15, 0.2) is 0 Å². The van der Waals surface area contributed by atoms with E-state index in [9.17, 15) is 4.79 Å². The van der Waals surface area contributed by atoms with Gasteiger partial charge in [-0.1, -0.05) is 44.2 Å². The van der Waals surface area contributed by atoms with Crippen molar-refractivity contribution in [1.82, 2.24) is 30.4 Å². The van der Waals surface area contributed by atoms with Gasteiger partial charge in [-0.2, -0.15) is 0 Å². The van der Waals surface area contributed by atoms with Crippen molar-refractivity contribution in [1.29, 1.82) is 0 Å². The summed E-state index contributed by atoms with van der Waals surface area (Å²) in [6.45, 7) is 8.93. The fourth-order valence-corrected chi connectivity index (χ4v) is 4.17. The number of aromatic nitrogens is 4. The van der Waals surface area contributed by atoms with Crippen LogP contribution in [0.4, 0.5) is 10.5 Å². The van der Waals surface area contributed by atoms with Gasteiger partial charge in [0, 0.05) is 31.4 Å². The van der Waals surface area contributed by atoms with Crippen molar-refractivity contribution in [2.24, 2.45) is 5.92 Å². The molecule has 8 heteroatoms. The number of hydrogen-bond donors (Lipinski definition) is 2. The zero-order valence-corrected chi connectivity index (χ0v) is 18.2. The first-order valence-corrected chi connectivity index (χ1v) is 10.7. The zero-order chi connectivity index (χ0) is 21.8. The lowest BCUT2D eigenvalue weighted by molar-refractivity contribution is 0.138. The molecule has 1 aliphatic heterocycles. The van der Waals surface area contributed by atoms with Crippen molar-refractivity contribution >= 4 is 11.7 Å². The van der Waals surface area contributed by atoms with Gasteiger partial charge in [0.25, 0.3) is 0 Å². The summed E-state index contributed by atoms with van der Waals surface area (Å²) in [7, 11) is 0. The number of benzene rings is 2. The Kier molecular flexibility index (Phi) is 6.27. The zero-order valence-electron chi connectivity index (χ0n) is 18.2. The van der Waals surface area contributed by atoms with Crippen LogP contribution in [-0.2, 0) is 13.0 Å². The van der Waals surface area contributed by atoms with Crippen molar-refractivity contribution in [2.75, 3.05) is 18.4 Å². The van der Waals surface area contributed by atoms with Gasteiger partial charge in [0.05, 0.1) is 5.69 Å². The van der Waals surface area contributed by atoms with Crippen molar-refractivity contribution in [3.63, 3.8) is 0 Å². The van der Waals surface area contributed by atoms with E-state index in [1.807, 2.05) is 25.1 Å². The largest absolute Gasteiger partial charge is 0.336 e. The number of nitrogens with zero attached hydrogens (tertiary/aromatic N) is 5. The number of tetrazole rings is 1. The Morgan fingerprint density at radius 3 is 2.71 bits per heavy atom. The minimum atomic E-state index is -0.213. The highest BCUT2D eigenvalue weighted by molar-refractivity contribution is 5.89. The van der Waals surface area contributed by atoms with Gasteiger partial charge in [-0.05, 0) is 58.5 Å². The molecule has 31 heavy (non-hydrogen) atoms. The first-order chi connectivity index (χ1) is 15.0. The van der Waals surface area contributed by atoms with E-state index in [0.717, 1.165) is 30.8 Å². The second-order valence-electron chi connectivity index (χ2n) is 8.39. The minimum Gasteiger partial charge on any atom is -0.336 e. The third-order valence-corrected chi connectivity index (χ3v) is 5.93. The number of urea groups is 1. The number of anilines is 1. The van der Waals surface area contributed by atoms with E-state index < -0.39 is 0 Å². The molecule has 2 heterocycles. The number of amides is 2. The van der Waals surface area contributed by atoms with Gasteiger partial charge in [-0.25, -0.2) is 9.48 Å². The van der Waals surface area contributed by atoms with Crippen LogP contribution in [0, 0.1) is 12.8 Å². The van der Waals surface area contributed by atoms with E-state index in [-0.39, 0.29) is 12.1 Å². The first-order valence-electron chi connectivity index (χ1n) is 10.7. The molecule has 4 rings (SSSR count). The molecule has 0 fully saturated rings. The molecule has 2 aromatic carbocycles. The molecule has 2 amide bonds. The Bertz CT molecular complexity index is 1030. The van der Waals surface area contributed by atoms with Crippen molar-refractivity contribution in [2.45, 2.75) is 39.8 Å². The molecule has 162 valence electrons. The monoisotopic (exact) mass is 419 g/mol. The summed E-state index contributed by atoms with van der Waals surface area (Å²) in [5.74, 6) is 0.427. The molecule has 1 aliphatic rings. The molecular formula is C23H29N7O. The number of aryl methyl sites for hydroxylation is 1. The number of rotatable bonds is 6. The van der Waals surface area contributed by atoms with Crippen LogP contribution >= 0.6 is 0 Å². The van der Waals surface area contributed by atoms with E-state index in [2.05, 4.69) is 69.2 Å². The molecule has 0 saturated carbocycles. The highest BCUT2D eigenvalue weighted by Crippen LogP contribution is 2.23. The Hall–Kier alpha value is -3.26. The van der Waals surface area contributed by atoms with Gasteiger partial charge >= 0.3 is 6.03 Å². The summed E-state index contributed by atoms with van der Waals surface area (Å²) >= 11 is 0. The van der Waals surface area contributed by atoms with Crippen molar-refractivity contribution in [3.05, 3.63) is 65.5 Å². The van der Waals surface area contributed by atoms with Gasteiger partial charge in [0.1, 0.15) is 6.33 Å². The Morgan fingerprint density at radius 2 is 1.97 bits per heavy atom. The highest BCUT2D eigenvalue weighted by Gasteiger charge is 2.26. The number of carbonyl (C=O) groups is 1. The maximum Gasteiger partial charge on any atom is 0.319 e. The van der Waals surface area contributed by atoms with E-state index in [0.29, 0.717) is 18.2 Å². The normalized spacial score (nSPS) is 14.8. The fourth-order valence-electron chi connectivity index (χ4n) is 4.17. The summed E-state index contributed by atoms with van der Waals surface area (Å²) in [5.41, 5.74) is 5.36. The lowest BCUT2D eigenvalue weighted by Crippen LogP contribution is -2.49. The SMILES string of the molecule is Cc1ccc(NC(=O)NC[C@@H](C(C)C)N2CCc3ccccc3C2)cc1-n1cnnn1. The Labute approximate surface area is 182 Å². The Morgan fingerprint density at radius 1 is 1.16 bits per heavy atom. The molecule has 0 aliphatic carbocycles. The smallest absolute Gasteiger partial charge is 0.319 e. The average Bonchev–Trinajstić information content (AvgIpc) is 3.29. The van der Waals surface area contributed by atoms with Crippen LogP contribution in [0.2, 0.25) is 0 Å². The van der Waals surface area contributed by atoms with Crippen LogP contribution in [0.15, 0.2) is 48.8 Å². The minimum absolute atomic E-state index is 0.213. The van der Waals surface area contributed by atoms with Crippen LogP contribution in [0.25, 0.3) is 5.69 Å². The summed E-state index contributed by atoms with van der Waals surface area (Å²) in [4.78, 5) is 15.1. The van der Waals surface area contributed by atoms with Crippen LogP contribution in [0.1, 0.15) is 30.5 Å². The van der Waals surface area contributed by atoms with Crippen molar-refractivity contribution < 1.29 is 4.79 Å². The van der Waals surface area contributed by atoms with Crippen LogP contribution in [-0.4, -0.2) is 50.3 Å². The standard InChI is InChI=1S/C23H29N7O/c1-16(2)22(29-11-10-18-6-4-5-7-19(18)14-29)13-24-23(31)26-20-9-8-17(3)21(12-20)30-15-25-27-28-30/h4-9,12,15-16,22H,10-11,13-14H2,1-3H3,(H2,24,26,31)/t22-/m0/s1. The van der Waals surface area contributed by atoms with Crippen molar-refractivity contribution in [3.8, 4) is 5.69 Å². The maximum atomic E-state index is 12.6. The summed E-state index contributed by atoms with van der Waals surface area (Å²) in [6.07, 6.45) is 2.59. The topological polar surface area (TPSA) is 88.0 Å². The number of fused-ring (bicyclic) bond motifs is 1. The molecule has 0 unspecified atom stereocenters. The number of carbonyl (C=O) groups excluding carboxylic acids is 1. The second kappa shape index (κ2) is 9.26. The van der Waals surface area contributed by atoms with Crippen LogP contribution in [0.3, 0.4) is 0 Å².